The van der Waals surface area contributed by atoms with Crippen LogP contribution in [0.1, 0.15) is 18.3 Å². The molecule has 0 aliphatic carbocycles. The zero-order chi connectivity index (χ0) is 11.6. The van der Waals surface area contributed by atoms with E-state index in [4.69, 9.17) is 16.7 Å². The summed E-state index contributed by atoms with van der Waals surface area (Å²) in [5, 5.41) is 13.5. The molecule has 0 saturated heterocycles. The summed E-state index contributed by atoms with van der Waals surface area (Å²) in [6.45, 7) is 5.65. The van der Waals surface area contributed by atoms with Gasteiger partial charge in [0.15, 0.2) is 0 Å². The van der Waals surface area contributed by atoms with Crippen molar-refractivity contribution in [3.8, 4) is 0 Å². The SMILES string of the molecule is CC(=CCn1nc(C)c(Cl)c1C)C(=O)O. The second-order valence-electron chi connectivity index (χ2n) is 3.36. The zero-order valence-corrected chi connectivity index (χ0v) is 9.67. The van der Waals surface area contributed by atoms with Gasteiger partial charge in [-0.3, -0.25) is 4.68 Å². The number of carboxylic acid groups (broad SMARTS) is 1. The number of halogens is 1. The smallest absolute Gasteiger partial charge is 0.331 e. The first-order valence-electron chi connectivity index (χ1n) is 4.53. The number of hydrogen-bond acceptors (Lipinski definition) is 2. The summed E-state index contributed by atoms with van der Waals surface area (Å²) in [7, 11) is 0. The molecule has 0 radical (unpaired) electrons. The number of nitrogens with zero attached hydrogens (tertiary/aromatic N) is 2. The van der Waals surface area contributed by atoms with E-state index in [0.717, 1.165) is 11.4 Å². The predicted molar refractivity (Wildman–Crippen MR) is 58.1 cm³/mol. The van der Waals surface area contributed by atoms with Gasteiger partial charge in [-0.1, -0.05) is 17.7 Å². The summed E-state index contributed by atoms with van der Waals surface area (Å²) in [5.41, 5.74) is 1.91. The van der Waals surface area contributed by atoms with Crippen molar-refractivity contribution >= 4 is 17.6 Å². The van der Waals surface area contributed by atoms with Crippen LogP contribution in [-0.2, 0) is 11.3 Å². The Kier molecular flexibility index (Phi) is 3.52. The Bertz CT molecular complexity index is 421. The maximum absolute atomic E-state index is 10.6. The average molecular weight is 229 g/mol. The van der Waals surface area contributed by atoms with Gasteiger partial charge in [0.2, 0.25) is 0 Å². The Morgan fingerprint density at radius 3 is 2.60 bits per heavy atom. The molecule has 0 aliphatic heterocycles. The zero-order valence-electron chi connectivity index (χ0n) is 8.91. The van der Waals surface area contributed by atoms with Crippen LogP contribution in [0.3, 0.4) is 0 Å². The van der Waals surface area contributed by atoms with Crippen molar-refractivity contribution in [1.82, 2.24) is 9.78 Å². The first-order valence-corrected chi connectivity index (χ1v) is 4.91. The highest BCUT2D eigenvalue weighted by molar-refractivity contribution is 6.31. The van der Waals surface area contributed by atoms with E-state index in [-0.39, 0.29) is 0 Å². The third-order valence-electron chi connectivity index (χ3n) is 2.20. The topological polar surface area (TPSA) is 55.1 Å². The van der Waals surface area contributed by atoms with Gasteiger partial charge in [-0.25, -0.2) is 4.79 Å². The number of rotatable bonds is 3. The van der Waals surface area contributed by atoms with Gasteiger partial charge in [-0.2, -0.15) is 5.10 Å². The molecule has 0 amide bonds. The minimum Gasteiger partial charge on any atom is -0.478 e. The summed E-state index contributed by atoms with van der Waals surface area (Å²) in [4.78, 5) is 10.6. The number of aliphatic carboxylic acids is 1. The molecule has 5 heteroatoms. The third kappa shape index (κ3) is 2.59. The molecule has 15 heavy (non-hydrogen) atoms. The van der Waals surface area contributed by atoms with Gasteiger partial charge in [-0.15, -0.1) is 0 Å². The molecule has 1 rings (SSSR count). The Balaban J connectivity index is 2.87. The Labute approximate surface area is 93.2 Å². The fourth-order valence-corrected chi connectivity index (χ4v) is 1.30. The molecule has 1 heterocycles. The van der Waals surface area contributed by atoms with Crippen LogP contribution in [0.15, 0.2) is 11.6 Å². The Hall–Kier alpha value is -1.29. The first-order chi connectivity index (χ1) is 6.93. The molecule has 1 N–H and O–H groups in total. The molecule has 0 aliphatic rings. The number of allylic oxidation sites excluding steroid dienone is 1. The van der Waals surface area contributed by atoms with Gasteiger partial charge in [0.1, 0.15) is 0 Å². The molecule has 0 saturated carbocycles. The van der Waals surface area contributed by atoms with E-state index in [1.54, 1.807) is 17.7 Å². The molecular weight excluding hydrogens is 216 g/mol. The second kappa shape index (κ2) is 4.49. The summed E-state index contributed by atoms with van der Waals surface area (Å²) >= 11 is 5.96. The van der Waals surface area contributed by atoms with Crippen LogP contribution in [0.4, 0.5) is 0 Å². The summed E-state index contributed by atoms with van der Waals surface area (Å²) in [6, 6.07) is 0. The number of carbonyl (C=O) groups is 1. The monoisotopic (exact) mass is 228 g/mol. The van der Waals surface area contributed by atoms with E-state index in [1.807, 2.05) is 13.8 Å². The highest BCUT2D eigenvalue weighted by atomic mass is 35.5. The average Bonchev–Trinajstić information content (AvgIpc) is 2.42. The molecule has 1 aromatic rings. The van der Waals surface area contributed by atoms with E-state index < -0.39 is 5.97 Å². The molecule has 0 aromatic carbocycles. The quantitative estimate of drug-likeness (QED) is 0.807. The maximum Gasteiger partial charge on any atom is 0.331 e. The number of carboxylic acids is 1. The molecule has 0 atom stereocenters. The van der Waals surface area contributed by atoms with Gasteiger partial charge in [0.05, 0.1) is 23.0 Å². The first kappa shape index (κ1) is 11.8. The molecule has 0 bridgehead atoms. The second-order valence-corrected chi connectivity index (χ2v) is 3.74. The van der Waals surface area contributed by atoms with Crippen LogP contribution in [0.5, 0.6) is 0 Å². The minimum atomic E-state index is -0.914. The van der Waals surface area contributed by atoms with E-state index >= 15 is 0 Å². The van der Waals surface area contributed by atoms with Crippen molar-refractivity contribution in [3.63, 3.8) is 0 Å². The van der Waals surface area contributed by atoms with Crippen LogP contribution >= 0.6 is 11.6 Å². The summed E-state index contributed by atoms with van der Waals surface area (Å²) in [6.07, 6.45) is 1.61. The van der Waals surface area contributed by atoms with E-state index in [0.29, 0.717) is 17.1 Å². The fraction of sp³-hybridized carbons (Fsp3) is 0.400. The lowest BCUT2D eigenvalue weighted by molar-refractivity contribution is -0.132. The van der Waals surface area contributed by atoms with Crippen molar-refractivity contribution in [2.24, 2.45) is 0 Å². The van der Waals surface area contributed by atoms with Gasteiger partial charge in [0.25, 0.3) is 0 Å². The molecule has 0 fully saturated rings. The van der Waals surface area contributed by atoms with E-state index in [2.05, 4.69) is 5.10 Å². The van der Waals surface area contributed by atoms with Crippen LogP contribution < -0.4 is 0 Å². The van der Waals surface area contributed by atoms with Gasteiger partial charge in [0, 0.05) is 5.57 Å². The van der Waals surface area contributed by atoms with Crippen molar-refractivity contribution in [2.45, 2.75) is 27.3 Å². The molecule has 0 spiro atoms. The highest BCUT2D eigenvalue weighted by Crippen LogP contribution is 2.18. The maximum atomic E-state index is 10.6. The van der Waals surface area contributed by atoms with Crippen molar-refractivity contribution in [3.05, 3.63) is 28.1 Å². The van der Waals surface area contributed by atoms with Crippen molar-refractivity contribution < 1.29 is 9.90 Å². The lowest BCUT2D eigenvalue weighted by Crippen LogP contribution is -2.03. The summed E-state index contributed by atoms with van der Waals surface area (Å²) < 4.78 is 1.68. The number of aromatic nitrogens is 2. The third-order valence-corrected chi connectivity index (χ3v) is 2.75. The Morgan fingerprint density at radius 2 is 2.20 bits per heavy atom. The minimum absolute atomic E-state index is 0.304. The van der Waals surface area contributed by atoms with E-state index in [9.17, 15) is 4.79 Å². The van der Waals surface area contributed by atoms with Crippen LogP contribution in [-0.4, -0.2) is 20.9 Å². The largest absolute Gasteiger partial charge is 0.478 e. The lowest BCUT2D eigenvalue weighted by atomic mass is 10.3. The Morgan fingerprint density at radius 1 is 1.60 bits per heavy atom. The van der Waals surface area contributed by atoms with Crippen molar-refractivity contribution in [1.29, 1.82) is 0 Å². The lowest BCUT2D eigenvalue weighted by Gasteiger charge is -2.00. The highest BCUT2D eigenvalue weighted by Gasteiger charge is 2.08. The molecule has 0 unspecified atom stereocenters. The fourth-order valence-electron chi connectivity index (χ4n) is 1.16. The predicted octanol–water partition coefficient (Wildman–Crippen LogP) is 2.18. The number of aryl methyl sites for hydroxylation is 1. The number of hydrogen-bond donors (Lipinski definition) is 1. The molecule has 1 aromatic heterocycles. The summed E-state index contributed by atoms with van der Waals surface area (Å²) in [5.74, 6) is -0.914. The normalized spacial score (nSPS) is 11.9. The van der Waals surface area contributed by atoms with Gasteiger partial charge < -0.3 is 5.11 Å². The van der Waals surface area contributed by atoms with Crippen molar-refractivity contribution in [2.75, 3.05) is 0 Å². The van der Waals surface area contributed by atoms with Gasteiger partial charge in [-0.05, 0) is 20.8 Å². The standard InChI is InChI=1S/C10H13ClN2O2/c1-6(10(14)15)4-5-13-8(3)9(11)7(2)12-13/h4H,5H2,1-3H3,(H,14,15). The molecular formula is C10H13ClN2O2. The van der Waals surface area contributed by atoms with Crippen LogP contribution in [0, 0.1) is 13.8 Å². The van der Waals surface area contributed by atoms with Gasteiger partial charge >= 0.3 is 5.97 Å². The van der Waals surface area contributed by atoms with Crippen LogP contribution in [0.2, 0.25) is 5.02 Å². The van der Waals surface area contributed by atoms with Crippen LogP contribution in [0.25, 0.3) is 0 Å². The van der Waals surface area contributed by atoms with E-state index in [1.165, 1.54) is 0 Å². The molecule has 82 valence electrons. The molecule has 4 nitrogen and oxygen atoms in total.